The normalized spacial score (nSPS) is 11.2. The van der Waals surface area contributed by atoms with Gasteiger partial charge in [0.05, 0.1) is 12.8 Å². The van der Waals surface area contributed by atoms with Crippen molar-refractivity contribution in [2.45, 2.75) is 19.9 Å². The number of aliphatic hydroxyl groups excluding tert-OH is 1. The van der Waals surface area contributed by atoms with E-state index < -0.39 is 0 Å². The molecule has 0 aliphatic carbocycles. The molecule has 0 radical (unpaired) electrons. The molecule has 18 heavy (non-hydrogen) atoms. The second kappa shape index (κ2) is 5.22. The summed E-state index contributed by atoms with van der Waals surface area (Å²) >= 11 is 0. The molecular formula is C12H19N5O. The number of aromatic nitrogens is 3. The first-order valence-electron chi connectivity index (χ1n) is 6.06. The van der Waals surface area contributed by atoms with E-state index in [4.69, 9.17) is 0 Å². The van der Waals surface area contributed by atoms with Gasteiger partial charge in [0, 0.05) is 32.0 Å². The zero-order valence-corrected chi connectivity index (χ0v) is 11.0. The summed E-state index contributed by atoms with van der Waals surface area (Å²) in [5.41, 5.74) is 0.802. The maximum Gasteiger partial charge on any atom is 0.180 e. The van der Waals surface area contributed by atoms with Crippen LogP contribution in [-0.4, -0.2) is 45.7 Å². The van der Waals surface area contributed by atoms with E-state index in [-0.39, 0.29) is 12.6 Å². The molecule has 0 saturated carbocycles. The average Bonchev–Trinajstić information content (AvgIpc) is 2.82. The van der Waals surface area contributed by atoms with Gasteiger partial charge in [-0.1, -0.05) is 0 Å². The van der Waals surface area contributed by atoms with Crippen LogP contribution in [-0.2, 0) is 0 Å². The highest BCUT2D eigenvalue weighted by Crippen LogP contribution is 2.22. The average molecular weight is 249 g/mol. The second-order valence-electron chi connectivity index (χ2n) is 4.37. The molecule has 2 aromatic rings. The van der Waals surface area contributed by atoms with E-state index in [2.05, 4.69) is 29.1 Å². The van der Waals surface area contributed by atoms with Gasteiger partial charge >= 0.3 is 0 Å². The third-order valence-corrected chi connectivity index (χ3v) is 2.85. The molecule has 2 rings (SSSR count). The first-order chi connectivity index (χ1) is 8.67. The Morgan fingerprint density at radius 2 is 2.28 bits per heavy atom. The van der Waals surface area contributed by atoms with E-state index in [1.807, 2.05) is 28.7 Å². The summed E-state index contributed by atoms with van der Waals surface area (Å²) in [6.45, 7) is 4.78. The first kappa shape index (κ1) is 12.6. The van der Waals surface area contributed by atoms with Crippen molar-refractivity contribution in [3.05, 3.63) is 18.6 Å². The van der Waals surface area contributed by atoms with Gasteiger partial charge in [-0.2, -0.15) is 0 Å². The van der Waals surface area contributed by atoms with Crippen molar-refractivity contribution >= 4 is 17.3 Å². The molecule has 0 aromatic carbocycles. The summed E-state index contributed by atoms with van der Waals surface area (Å²) in [6, 6.07) is 0.247. The summed E-state index contributed by atoms with van der Waals surface area (Å²) in [4.78, 5) is 10.9. The van der Waals surface area contributed by atoms with E-state index in [0.29, 0.717) is 6.54 Å². The molecule has 0 unspecified atom stereocenters. The number of nitrogens with zero attached hydrogens (tertiary/aromatic N) is 4. The molecule has 98 valence electrons. The molecule has 0 aliphatic rings. The summed E-state index contributed by atoms with van der Waals surface area (Å²) < 4.78 is 1.93. The van der Waals surface area contributed by atoms with Crippen molar-refractivity contribution in [1.82, 2.24) is 14.4 Å². The topological polar surface area (TPSA) is 65.7 Å². The van der Waals surface area contributed by atoms with Crippen LogP contribution in [0.2, 0.25) is 0 Å². The van der Waals surface area contributed by atoms with Crippen molar-refractivity contribution in [3.8, 4) is 0 Å². The van der Waals surface area contributed by atoms with E-state index >= 15 is 0 Å². The van der Waals surface area contributed by atoms with Gasteiger partial charge in [0.15, 0.2) is 11.5 Å². The molecule has 0 amide bonds. The van der Waals surface area contributed by atoms with E-state index in [0.717, 1.165) is 17.3 Å². The lowest BCUT2D eigenvalue weighted by Crippen LogP contribution is -2.34. The highest BCUT2D eigenvalue weighted by molar-refractivity contribution is 5.67. The van der Waals surface area contributed by atoms with Gasteiger partial charge < -0.3 is 19.7 Å². The van der Waals surface area contributed by atoms with Crippen molar-refractivity contribution in [2.75, 3.05) is 30.4 Å². The highest BCUT2D eigenvalue weighted by Gasteiger charge is 2.17. The largest absolute Gasteiger partial charge is 0.395 e. The summed E-state index contributed by atoms with van der Waals surface area (Å²) in [7, 11) is 1.83. The lowest BCUT2D eigenvalue weighted by atomic mass is 10.3. The number of rotatable bonds is 5. The SMILES string of the molecule is CNc1cn2ccnc2c(N(CCO)C(C)C)n1. The number of imidazole rings is 1. The summed E-state index contributed by atoms with van der Waals surface area (Å²) in [5.74, 6) is 1.56. The van der Waals surface area contributed by atoms with Gasteiger partial charge in [0.25, 0.3) is 0 Å². The van der Waals surface area contributed by atoms with Crippen LogP contribution in [0.25, 0.3) is 5.65 Å². The molecular weight excluding hydrogens is 230 g/mol. The number of fused-ring (bicyclic) bond motifs is 1. The van der Waals surface area contributed by atoms with Crippen LogP contribution < -0.4 is 10.2 Å². The maximum atomic E-state index is 9.18. The van der Waals surface area contributed by atoms with Crippen LogP contribution in [0.1, 0.15) is 13.8 Å². The maximum absolute atomic E-state index is 9.18. The molecule has 2 heterocycles. The minimum absolute atomic E-state index is 0.0938. The third-order valence-electron chi connectivity index (χ3n) is 2.85. The van der Waals surface area contributed by atoms with Gasteiger partial charge in [-0.05, 0) is 13.8 Å². The number of hydrogen-bond acceptors (Lipinski definition) is 5. The van der Waals surface area contributed by atoms with Crippen LogP contribution in [0.5, 0.6) is 0 Å². The van der Waals surface area contributed by atoms with Crippen molar-refractivity contribution < 1.29 is 5.11 Å². The van der Waals surface area contributed by atoms with Crippen molar-refractivity contribution in [1.29, 1.82) is 0 Å². The van der Waals surface area contributed by atoms with Gasteiger partial charge in [-0.25, -0.2) is 9.97 Å². The Kier molecular flexibility index (Phi) is 3.66. The highest BCUT2D eigenvalue weighted by atomic mass is 16.3. The van der Waals surface area contributed by atoms with Crippen LogP contribution in [0.3, 0.4) is 0 Å². The van der Waals surface area contributed by atoms with Gasteiger partial charge in [-0.15, -0.1) is 0 Å². The molecule has 0 atom stereocenters. The molecule has 6 heteroatoms. The quantitative estimate of drug-likeness (QED) is 0.827. The molecule has 0 aliphatic heterocycles. The van der Waals surface area contributed by atoms with E-state index in [1.54, 1.807) is 6.20 Å². The third kappa shape index (κ3) is 2.24. The van der Waals surface area contributed by atoms with Crippen molar-refractivity contribution in [2.24, 2.45) is 0 Å². The van der Waals surface area contributed by atoms with Crippen LogP contribution in [0.4, 0.5) is 11.6 Å². The minimum Gasteiger partial charge on any atom is -0.395 e. The fourth-order valence-electron chi connectivity index (χ4n) is 1.94. The lowest BCUT2D eigenvalue weighted by molar-refractivity contribution is 0.298. The first-order valence-corrected chi connectivity index (χ1v) is 6.06. The summed E-state index contributed by atoms with van der Waals surface area (Å²) in [5, 5.41) is 12.2. The Hall–Kier alpha value is -1.82. The number of anilines is 2. The molecule has 0 saturated heterocycles. The lowest BCUT2D eigenvalue weighted by Gasteiger charge is -2.27. The Balaban J connectivity index is 2.55. The second-order valence-corrected chi connectivity index (χ2v) is 4.37. The monoisotopic (exact) mass is 249 g/mol. The van der Waals surface area contributed by atoms with Gasteiger partial charge in [0.2, 0.25) is 0 Å². The fraction of sp³-hybridized carbons (Fsp3) is 0.500. The zero-order valence-electron chi connectivity index (χ0n) is 11.0. The Labute approximate surface area is 106 Å². The predicted molar refractivity (Wildman–Crippen MR) is 72.1 cm³/mol. The molecule has 0 bridgehead atoms. The Morgan fingerprint density at radius 1 is 1.50 bits per heavy atom. The Morgan fingerprint density at radius 3 is 2.89 bits per heavy atom. The Bertz CT molecular complexity index is 522. The number of aliphatic hydroxyl groups is 1. The van der Waals surface area contributed by atoms with Crippen LogP contribution in [0, 0.1) is 0 Å². The fourth-order valence-corrected chi connectivity index (χ4v) is 1.94. The minimum atomic E-state index is 0.0938. The molecule has 0 spiro atoms. The molecule has 2 N–H and O–H groups in total. The smallest absolute Gasteiger partial charge is 0.180 e. The molecule has 6 nitrogen and oxygen atoms in total. The predicted octanol–water partition coefficient (Wildman–Crippen LogP) is 0.978. The van der Waals surface area contributed by atoms with E-state index in [9.17, 15) is 5.11 Å². The van der Waals surface area contributed by atoms with E-state index in [1.165, 1.54) is 0 Å². The van der Waals surface area contributed by atoms with Crippen LogP contribution in [0.15, 0.2) is 18.6 Å². The summed E-state index contributed by atoms with van der Waals surface area (Å²) in [6.07, 6.45) is 5.53. The van der Waals surface area contributed by atoms with Crippen molar-refractivity contribution in [3.63, 3.8) is 0 Å². The van der Waals surface area contributed by atoms with Gasteiger partial charge in [-0.3, -0.25) is 0 Å². The number of hydrogen-bond donors (Lipinski definition) is 2. The molecule has 0 fully saturated rings. The zero-order chi connectivity index (χ0) is 13.1. The number of nitrogens with one attached hydrogen (secondary N) is 1. The van der Waals surface area contributed by atoms with Gasteiger partial charge in [0.1, 0.15) is 5.82 Å². The standard InChI is InChI=1S/C12H19N5O/c1-9(2)17(6-7-18)12-11-14-4-5-16(11)8-10(13-3)15-12/h4-5,8-9,13,18H,6-7H2,1-3H3. The molecule has 2 aromatic heterocycles. The van der Waals surface area contributed by atoms with Crippen LogP contribution >= 0.6 is 0 Å².